The number of benzene rings is 2. The summed E-state index contributed by atoms with van der Waals surface area (Å²) >= 11 is 0. The third-order valence-corrected chi connectivity index (χ3v) is 3.73. The van der Waals surface area contributed by atoms with E-state index in [1.165, 1.54) is 5.56 Å². The summed E-state index contributed by atoms with van der Waals surface area (Å²) in [5.74, 6) is 2.30. The van der Waals surface area contributed by atoms with Crippen molar-refractivity contribution in [3.8, 4) is 11.5 Å². The Bertz CT molecular complexity index is 678. The van der Waals surface area contributed by atoms with Crippen LogP contribution in [0.5, 0.6) is 11.5 Å². The molecule has 0 unspecified atom stereocenters. The Kier molecular flexibility index (Phi) is 9.12. The molecule has 0 aliphatic rings. The Morgan fingerprint density at radius 2 is 1.68 bits per heavy atom. The van der Waals surface area contributed by atoms with E-state index < -0.39 is 0 Å². The largest absolute Gasteiger partial charge is 0.493 e. The van der Waals surface area contributed by atoms with Crippen molar-refractivity contribution in [2.24, 2.45) is 4.99 Å². The van der Waals surface area contributed by atoms with Gasteiger partial charge in [0, 0.05) is 27.2 Å². The number of nitrogens with zero attached hydrogens (tertiary/aromatic N) is 2. The van der Waals surface area contributed by atoms with Gasteiger partial charge in [-0.15, -0.1) is 24.0 Å². The first-order valence-electron chi connectivity index (χ1n) is 7.84. The molecule has 0 atom stereocenters. The van der Waals surface area contributed by atoms with Crippen LogP contribution in [0, 0.1) is 0 Å². The molecule has 2 aromatic carbocycles. The van der Waals surface area contributed by atoms with Gasteiger partial charge in [-0.2, -0.15) is 0 Å². The van der Waals surface area contributed by atoms with Crippen molar-refractivity contribution in [3.05, 3.63) is 59.7 Å². The van der Waals surface area contributed by atoms with Gasteiger partial charge in [0.1, 0.15) is 0 Å². The van der Waals surface area contributed by atoms with Gasteiger partial charge in [-0.05, 0) is 23.3 Å². The Balaban J connectivity index is 0.00000312. The fourth-order valence-electron chi connectivity index (χ4n) is 2.49. The predicted octanol–water partition coefficient (Wildman–Crippen LogP) is 3.53. The predicted molar refractivity (Wildman–Crippen MR) is 113 cm³/mol. The monoisotopic (exact) mass is 455 g/mol. The summed E-state index contributed by atoms with van der Waals surface area (Å²) in [7, 11) is 7.09. The van der Waals surface area contributed by atoms with Gasteiger partial charge in [0.05, 0.1) is 14.2 Å². The highest BCUT2D eigenvalue weighted by atomic mass is 127. The SMILES string of the molecule is CN=C(NCc1ccc(OC)c(OC)c1)N(C)Cc1ccccc1.I. The van der Waals surface area contributed by atoms with Gasteiger partial charge in [0.15, 0.2) is 17.5 Å². The summed E-state index contributed by atoms with van der Waals surface area (Å²) in [6.07, 6.45) is 0. The molecule has 0 saturated carbocycles. The van der Waals surface area contributed by atoms with Crippen molar-refractivity contribution >= 4 is 29.9 Å². The lowest BCUT2D eigenvalue weighted by molar-refractivity contribution is 0.354. The zero-order valence-electron chi connectivity index (χ0n) is 15.2. The number of hydrogen-bond acceptors (Lipinski definition) is 3. The van der Waals surface area contributed by atoms with Crippen LogP contribution in [0.15, 0.2) is 53.5 Å². The molecule has 2 rings (SSSR count). The maximum Gasteiger partial charge on any atom is 0.193 e. The van der Waals surface area contributed by atoms with Gasteiger partial charge in [-0.25, -0.2) is 0 Å². The van der Waals surface area contributed by atoms with Crippen LogP contribution in [0.25, 0.3) is 0 Å². The molecule has 2 aromatic rings. The number of rotatable bonds is 6. The molecule has 136 valence electrons. The quantitative estimate of drug-likeness (QED) is 0.412. The lowest BCUT2D eigenvalue weighted by atomic mass is 10.2. The van der Waals surface area contributed by atoms with Crippen LogP contribution >= 0.6 is 24.0 Å². The summed E-state index contributed by atoms with van der Waals surface area (Å²) in [6.45, 7) is 1.46. The summed E-state index contributed by atoms with van der Waals surface area (Å²) in [5.41, 5.74) is 2.34. The van der Waals surface area contributed by atoms with E-state index in [4.69, 9.17) is 9.47 Å². The molecule has 0 aliphatic heterocycles. The van der Waals surface area contributed by atoms with Crippen LogP contribution in [-0.4, -0.2) is 39.2 Å². The molecule has 0 aromatic heterocycles. The lowest BCUT2D eigenvalue weighted by Gasteiger charge is -2.22. The van der Waals surface area contributed by atoms with Crippen LogP contribution in [0.3, 0.4) is 0 Å². The smallest absolute Gasteiger partial charge is 0.193 e. The maximum atomic E-state index is 5.34. The van der Waals surface area contributed by atoms with E-state index in [9.17, 15) is 0 Å². The van der Waals surface area contributed by atoms with E-state index >= 15 is 0 Å². The number of halogens is 1. The van der Waals surface area contributed by atoms with Gasteiger partial charge in [0.25, 0.3) is 0 Å². The second-order valence-corrected chi connectivity index (χ2v) is 5.43. The molecule has 0 fully saturated rings. The summed E-state index contributed by atoms with van der Waals surface area (Å²) in [4.78, 5) is 6.44. The van der Waals surface area contributed by atoms with E-state index in [-0.39, 0.29) is 24.0 Å². The molecule has 0 amide bonds. The number of hydrogen-bond donors (Lipinski definition) is 1. The minimum Gasteiger partial charge on any atom is -0.493 e. The van der Waals surface area contributed by atoms with E-state index in [2.05, 4.69) is 27.3 Å². The highest BCUT2D eigenvalue weighted by molar-refractivity contribution is 14.0. The second-order valence-electron chi connectivity index (χ2n) is 5.43. The minimum absolute atomic E-state index is 0. The second kappa shape index (κ2) is 10.8. The van der Waals surface area contributed by atoms with Crippen LogP contribution in [0.1, 0.15) is 11.1 Å². The first-order valence-corrected chi connectivity index (χ1v) is 7.84. The molecule has 5 nitrogen and oxygen atoms in total. The first kappa shape index (κ1) is 21.1. The molecule has 1 N–H and O–H groups in total. The van der Waals surface area contributed by atoms with Crippen LogP contribution in [0.2, 0.25) is 0 Å². The summed E-state index contributed by atoms with van der Waals surface area (Å²) in [6, 6.07) is 16.2. The van der Waals surface area contributed by atoms with Gasteiger partial charge >= 0.3 is 0 Å². The zero-order chi connectivity index (χ0) is 17.4. The van der Waals surface area contributed by atoms with Gasteiger partial charge < -0.3 is 19.7 Å². The number of aliphatic imine (C=N–C) groups is 1. The van der Waals surface area contributed by atoms with E-state index in [1.54, 1.807) is 21.3 Å². The zero-order valence-corrected chi connectivity index (χ0v) is 17.5. The topological polar surface area (TPSA) is 46.1 Å². The van der Waals surface area contributed by atoms with Crippen LogP contribution in [-0.2, 0) is 13.1 Å². The molecule has 0 bridgehead atoms. The highest BCUT2D eigenvalue weighted by Gasteiger charge is 2.08. The molecular formula is C19H26IN3O2. The fraction of sp³-hybridized carbons (Fsp3) is 0.316. The highest BCUT2D eigenvalue weighted by Crippen LogP contribution is 2.27. The third kappa shape index (κ3) is 6.12. The summed E-state index contributed by atoms with van der Waals surface area (Å²) in [5, 5.41) is 3.37. The Morgan fingerprint density at radius 1 is 1.00 bits per heavy atom. The third-order valence-electron chi connectivity index (χ3n) is 3.73. The van der Waals surface area contributed by atoms with E-state index in [0.717, 1.165) is 29.6 Å². The fourth-order valence-corrected chi connectivity index (χ4v) is 2.49. The molecule has 0 heterocycles. The van der Waals surface area contributed by atoms with Crippen molar-refractivity contribution in [2.45, 2.75) is 13.1 Å². The normalized spacial score (nSPS) is 10.6. The first-order chi connectivity index (χ1) is 11.7. The van der Waals surface area contributed by atoms with Gasteiger partial charge in [-0.3, -0.25) is 4.99 Å². The number of nitrogens with one attached hydrogen (secondary N) is 1. The average Bonchev–Trinajstić information content (AvgIpc) is 2.62. The molecule has 6 heteroatoms. The maximum absolute atomic E-state index is 5.34. The molecule has 0 radical (unpaired) electrons. The van der Waals surface area contributed by atoms with Crippen molar-refractivity contribution in [1.29, 1.82) is 0 Å². The minimum atomic E-state index is 0. The Labute approximate surface area is 167 Å². The van der Waals surface area contributed by atoms with Crippen molar-refractivity contribution in [1.82, 2.24) is 10.2 Å². The van der Waals surface area contributed by atoms with Crippen LogP contribution in [0.4, 0.5) is 0 Å². The standard InChI is InChI=1S/C19H25N3O2.HI/c1-20-19(22(2)14-15-8-6-5-7-9-15)21-13-16-10-11-17(23-3)18(12-16)24-4;/h5-12H,13-14H2,1-4H3,(H,20,21);1H. The van der Waals surface area contributed by atoms with E-state index in [0.29, 0.717) is 6.54 Å². The molecular weight excluding hydrogens is 429 g/mol. The average molecular weight is 455 g/mol. The number of guanidine groups is 1. The Hall–Kier alpha value is -1.96. The van der Waals surface area contributed by atoms with Gasteiger partial charge in [0.2, 0.25) is 0 Å². The van der Waals surface area contributed by atoms with Gasteiger partial charge in [-0.1, -0.05) is 36.4 Å². The van der Waals surface area contributed by atoms with E-state index in [1.807, 2.05) is 43.4 Å². The Morgan fingerprint density at radius 3 is 2.28 bits per heavy atom. The van der Waals surface area contributed by atoms with Crippen molar-refractivity contribution in [2.75, 3.05) is 28.3 Å². The van der Waals surface area contributed by atoms with Crippen molar-refractivity contribution < 1.29 is 9.47 Å². The van der Waals surface area contributed by atoms with Crippen molar-refractivity contribution in [3.63, 3.8) is 0 Å². The molecule has 0 aliphatic carbocycles. The molecule has 25 heavy (non-hydrogen) atoms. The number of methoxy groups -OCH3 is 2. The molecule has 0 spiro atoms. The summed E-state index contributed by atoms with van der Waals surface area (Å²) < 4.78 is 10.6. The molecule has 0 saturated heterocycles. The lowest BCUT2D eigenvalue weighted by Crippen LogP contribution is -2.38. The number of ether oxygens (including phenoxy) is 2. The van der Waals surface area contributed by atoms with Crippen LogP contribution < -0.4 is 14.8 Å².